The van der Waals surface area contributed by atoms with Crippen molar-refractivity contribution >= 4 is 11.3 Å². The Morgan fingerprint density at radius 2 is 2.29 bits per heavy atom. The van der Waals surface area contributed by atoms with Gasteiger partial charge in [0.2, 0.25) is 0 Å². The number of imidazole rings is 1. The van der Waals surface area contributed by atoms with Crippen molar-refractivity contribution in [3.8, 4) is 11.5 Å². The SMILES string of the molecule is Cc1ncsc1CN1CC[C@@H](Cc2cncc(-c3ncc[nH]3)n2)C1. The van der Waals surface area contributed by atoms with Crippen LogP contribution in [0.2, 0.25) is 0 Å². The van der Waals surface area contributed by atoms with Crippen molar-refractivity contribution in [2.45, 2.75) is 26.3 Å². The number of likely N-dealkylation sites (tertiary alicyclic amines) is 1. The van der Waals surface area contributed by atoms with E-state index < -0.39 is 0 Å². The van der Waals surface area contributed by atoms with E-state index in [0.29, 0.717) is 5.92 Å². The number of hydrogen-bond acceptors (Lipinski definition) is 6. The lowest BCUT2D eigenvalue weighted by molar-refractivity contribution is 0.318. The van der Waals surface area contributed by atoms with E-state index in [1.165, 1.54) is 17.0 Å². The highest BCUT2D eigenvalue weighted by atomic mass is 32.1. The van der Waals surface area contributed by atoms with Gasteiger partial charge in [0.25, 0.3) is 0 Å². The second kappa shape index (κ2) is 6.78. The summed E-state index contributed by atoms with van der Waals surface area (Å²) in [6.07, 6.45) is 9.36. The second-order valence-corrected chi connectivity index (χ2v) is 7.23. The molecule has 0 spiro atoms. The first-order valence-corrected chi connectivity index (χ1v) is 9.08. The van der Waals surface area contributed by atoms with E-state index in [-0.39, 0.29) is 0 Å². The molecule has 1 saturated heterocycles. The molecule has 1 aliphatic heterocycles. The predicted molar refractivity (Wildman–Crippen MR) is 93.6 cm³/mol. The van der Waals surface area contributed by atoms with Crippen LogP contribution >= 0.6 is 11.3 Å². The van der Waals surface area contributed by atoms with Crippen LogP contribution in [-0.2, 0) is 13.0 Å². The normalized spacial score (nSPS) is 18.3. The van der Waals surface area contributed by atoms with Gasteiger partial charge in [-0.05, 0) is 32.2 Å². The molecule has 4 heterocycles. The molecule has 1 N–H and O–H groups in total. The van der Waals surface area contributed by atoms with E-state index in [4.69, 9.17) is 4.98 Å². The minimum atomic E-state index is 0.638. The average Bonchev–Trinajstić information content (AvgIpc) is 3.32. The molecule has 4 rings (SSSR count). The molecule has 1 fully saturated rings. The summed E-state index contributed by atoms with van der Waals surface area (Å²) < 4.78 is 0. The van der Waals surface area contributed by atoms with E-state index in [2.05, 4.69) is 31.8 Å². The summed E-state index contributed by atoms with van der Waals surface area (Å²) >= 11 is 1.76. The number of aryl methyl sites for hydroxylation is 1. The van der Waals surface area contributed by atoms with Gasteiger partial charge in [0.05, 0.1) is 23.1 Å². The highest BCUT2D eigenvalue weighted by Gasteiger charge is 2.24. The summed E-state index contributed by atoms with van der Waals surface area (Å²) in [5.41, 5.74) is 4.96. The van der Waals surface area contributed by atoms with Gasteiger partial charge in [0, 0.05) is 36.6 Å². The molecule has 3 aromatic heterocycles. The van der Waals surface area contributed by atoms with Crippen LogP contribution in [-0.4, -0.2) is 42.9 Å². The van der Waals surface area contributed by atoms with E-state index in [1.54, 1.807) is 29.9 Å². The average molecular weight is 340 g/mol. The molecular formula is C17H20N6S. The van der Waals surface area contributed by atoms with E-state index in [1.807, 2.05) is 11.7 Å². The lowest BCUT2D eigenvalue weighted by Crippen LogP contribution is -2.20. The number of nitrogens with one attached hydrogen (secondary N) is 1. The molecule has 0 radical (unpaired) electrons. The third-order valence-electron chi connectivity index (χ3n) is 4.51. The van der Waals surface area contributed by atoms with Crippen molar-refractivity contribution in [3.05, 3.63) is 46.6 Å². The number of aromatic nitrogens is 5. The van der Waals surface area contributed by atoms with Gasteiger partial charge in [-0.1, -0.05) is 0 Å². The molecular weight excluding hydrogens is 320 g/mol. The van der Waals surface area contributed by atoms with Crippen LogP contribution in [0.1, 0.15) is 22.7 Å². The third-order valence-corrected chi connectivity index (χ3v) is 5.42. The van der Waals surface area contributed by atoms with Crippen LogP contribution in [0.15, 0.2) is 30.3 Å². The first-order chi connectivity index (χ1) is 11.8. The second-order valence-electron chi connectivity index (χ2n) is 6.29. The maximum absolute atomic E-state index is 4.71. The summed E-state index contributed by atoms with van der Waals surface area (Å²) in [6, 6.07) is 0. The van der Waals surface area contributed by atoms with Gasteiger partial charge < -0.3 is 4.98 Å². The van der Waals surface area contributed by atoms with Crippen molar-refractivity contribution in [1.82, 2.24) is 29.8 Å². The Labute approximate surface area is 145 Å². The van der Waals surface area contributed by atoms with Gasteiger partial charge in [-0.2, -0.15) is 0 Å². The van der Waals surface area contributed by atoms with Crippen LogP contribution in [0.5, 0.6) is 0 Å². The topological polar surface area (TPSA) is 70.6 Å². The summed E-state index contributed by atoms with van der Waals surface area (Å²) in [5, 5.41) is 0. The Hall–Kier alpha value is -2.12. The first-order valence-electron chi connectivity index (χ1n) is 8.20. The molecule has 0 unspecified atom stereocenters. The minimum Gasteiger partial charge on any atom is -0.343 e. The number of nitrogens with zero attached hydrogens (tertiary/aromatic N) is 5. The maximum atomic E-state index is 4.71. The zero-order valence-electron chi connectivity index (χ0n) is 13.6. The largest absolute Gasteiger partial charge is 0.343 e. The molecule has 24 heavy (non-hydrogen) atoms. The van der Waals surface area contributed by atoms with Gasteiger partial charge in [0.1, 0.15) is 5.69 Å². The van der Waals surface area contributed by atoms with Gasteiger partial charge >= 0.3 is 0 Å². The smallest absolute Gasteiger partial charge is 0.157 e. The number of rotatable bonds is 5. The lowest BCUT2D eigenvalue weighted by Gasteiger charge is -2.15. The Kier molecular flexibility index (Phi) is 4.36. The van der Waals surface area contributed by atoms with Gasteiger partial charge in [-0.15, -0.1) is 11.3 Å². The Bertz CT molecular complexity index is 797. The van der Waals surface area contributed by atoms with Crippen LogP contribution in [0.25, 0.3) is 11.5 Å². The van der Waals surface area contributed by atoms with E-state index >= 15 is 0 Å². The maximum Gasteiger partial charge on any atom is 0.157 e. The number of H-pyrrole nitrogens is 1. The Balaban J connectivity index is 1.38. The van der Waals surface area contributed by atoms with Crippen LogP contribution in [0.3, 0.4) is 0 Å². The molecule has 1 aliphatic rings. The first kappa shape index (κ1) is 15.4. The minimum absolute atomic E-state index is 0.638. The molecule has 0 amide bonds. The van der Waals surface area contributed by atoms with Crippen LogP contribution in [0, 0.1) is 12.8 Å². The van der Waals surface area contributed by atoms with Gasteiger partial charge in [0.15, 0.2) is 5.82 Å². The summed E-state index contributed by atoms with van der Waals surface area (Å²) in [6.45, 7) is 5.37. The third kappa shape index (κ3) is 3.37. The molecule has 1 atom stereocenters. The number of thiazole rings is 1. The highest BCUT2D eigenvalue weighted by Crippen LogP contribution is 2.24. The van der Waals surface area contributed by atoms with Crippen molar-refractivity contribution in [2.75, 3.05) is 13.1 Å². The molecule has 7 heteroatoms. The van der Waals surface area contributed by atoms with Crippen molar-refractivity contribution in [1.29, 1.82) is 0 Å². The van der Waals surface area contributed by atoms with E-state index in [9.17, 15) is 0 Å². The molecule has 6 nitrogen and oxygen atoms in total. The zero-order chi connectivity index (χ0) is 16.4. The Morgan fingerprint density at radius 3 is 3.08 bits per heavy atom. The molecule has 0 aromatic carbocycles. The number of aromatic amines is 1. The summed E-state index contributed by atoms with van der Waals surface area (Å²) in [5.74, 6) is 1.41. The summed E-state index contributed by atoms with van der Waals surface area (Å²) in [4.78, 5) is 24.6. The van der Waals surface area contributed by atoms with Gasteiger partial charge in [-0.3, -0.25) is 9.88 Å². The molecule has 0 saturated carbocycles. The quantitative estimate of drug-likeness (QED) is 0.773. The predicted octanol–water partition coefficient (Wildman–Crippen LogP) is 2.70. The summed E-state index contributed by atoms with van der Waals surface area (Å²) in [7, 11) is 0. The Morgan fingerprint density at radius 1 is 1.33 bits per heavy atom. The number of hydrogen-bond donors (Lipinski definition) is 1. The van der Waals surface area contributed by atoms with Crippen molar-refractivity contribution in [2.24, 2.45) is 5.92 Å². The van der Waals surface area contributed by atoms with Crippen molar-refractivity contribution in [3.63, 3.8) is 0 Å². The lowest BCUT2D eigenvalue weighted by atomic mass is 10.0. The molecule has 124 valence electrons. The van der Waals surface area contributed by atoms with E-state index in [0.717, 1.165) is 43.3 Å². The fraction of sp³-hybridized carbons (Fsp3) is 0.412. The fourth-order valence-electron chi connectivity index (χ4n) is 3.22. The molecule has 3 aromatic rings. The standard InChI is InChI=1S/C17H20N6S/c1-12-16(24-11-21-12)10-23-5-2-13(9-23)6-14-7-18-8-15(22-14)17-19-3-4-20-17/h3-4,7-8,11,13H,2,5-6,9-10H2,1H3,(H,19,20)/t13-/m0/s1. The van der Waals surface area contributed by atoms with Crippen molar-refractivity contribution < 1.29 is 0 Å². The van der Waals surface area contributed by atoms with Gasteiger partial charge in [-0.25, -0.2) is 15.0 Å². The van der Waals surface area contributed by atoms with Crippen LogP contribution < -0.4 is 0 Å². The highest BCUT2D eigenvalue weighted by molar-refractivity contribution is 7.09. The fourth-order valence-corrected chi connectivity index (χ4v) is 4.04. The zero-order valence-corrected chi connectivity index (χ0v) is 14.5. The molecule has 0 aliphatic carbocycles. The monoisotopic (exact) mass is 340 g/mol. The molecule has 0 bridgehead atoms. The van der Waals surface area contributed by atoms with Crippen LogP contribution in [0.4, 0.5) is 0 Å².